The Kier molecular flexibility index (Phi) is 4.65. The highest BCUT2D eigenvalue weighted by Crippen LogP contribution is 2.25. The second kappa shape index (κ2) is 7.13. The molecule has 0 radical (unpaired) electrons. The third-order valence-corrected chi connectivity index (χ3v) is 5.56. The van der Waals surface area contributed by atoms with Crippen LogP contribution in [0.2, 0.25) is 0 Å². The first-order chi connectivity index (χ1) is 13.5. The molecule has 9 nitrogen and oxygen atoms in total. The van der Waals surface area contributed by atoms with E-state index in [0.29, 0.717) is 29.7 Å². The Morgan fingerprint density at radius 1 is 1.43 bits per heavy atom. The number of thiazole rings is 1. The van der Waals surface area contributed by atoms with E-state index in [1.807, 2.05) is 4.90 Å². The van der Waals surface area contributed by atoms with Gasteiger partial charge in [-0.25, -0.2) is 14.8 Å². The van der Waals surface area contributed by atoms with Crippen LogP contribution in [0.3, 0.4) is 0 Å². The zero-order valence-electron chi connectivity index (χ0n) is 15.0. The lowest BCUT2D eigenvalue weighted by atomic mass is 10.2. The lowest BCUT2D eigenvalue weighted by molar-refractivity contribution is 0.0695. The molecule has 3 aromatic rings. The first-order valence-corrected chi connectivity index (χ1v) is 9.34. The van der Waals surface area contributed by atoms with Crippen molar-refractivity contribution < 1.29 is 14.6 Å². The lowest BCUT2D eigenvalue weighted by Crippen LogP contribution is -2.24. The summed E-state index contributed by atoms with van der Waals surface area (Å²) in [6.07, 6.45) is 2.79. The standard InChI is InChI=1S/C18H17N5O4S/c1-19-12-8-22(9-13(12)27-2)14-4-3-10-15(24)11(17(25)26)7-23(16(10)21-14)18-20-5-6-28-18/h3-7,12-13H,1,8-9H2,2H3,(H,25,26)/t12-,13-/m0/s1. The van der Waals surface area contributed by atoms with Gasteiger partial charge in [-0.1, -0.05) is 0 Å². The van der Waals surface area contributed by atoms with E-state index in [9.17, 15) is 14.7 Å². The van der Waals surface area contributed by atoms with E-state index in [4.69, 9.17) is 4.74 Å². The molecule has 0 amide bonds. The van der Waals surface area contributed by atoms with Gasteiger partial charge in [-0.3, -0.25) is 14.4 Å². The number of hydrogen-bond acceptors (Lipinski definition) is 8. The van der Waals surface area contributed by atoms with Crippen LogP contribution in [0.4, 0.5) is 5.82 Å². The van der Waals surface area contributed by atoms with Crippen LogP contribution in [0.1, 0.15) is 10.4 Å². The van der Waals surface area contributed by atoms with Crippen LogP contribution in [0, 0.1) is 0 Å². The Bertz CT molecular complexity index is 1110. The van der Waals surface area contributed by atoms with Crippen LogP contribution in [-0.2, 0) is 4.74 Å². The number of hydrogen-bond donors (Lipinski definition) is 1. The fourth-order valence-corrected chi connectivity index (χ4v) is 3.97. The molecule has 144 valence electrons. The van der Waals surface area contributed by atoms with Crippen LogP contribution in [0.5, 0.6) is 0 Å². The second-order valence-corrected chi connectivity index (χ2v) is 7.20. The molecule has 0 aromatic carbocycles. The van der Waals surface area contributed by atoms with Crippen molar-refractivity contribution in [2.24, 2.45) is 4.99 Å². The topological polar surface area (TPSA) is 110 Å². The van der Waals surface area contributed by atoms with Crippen molar-refractivity contribution in [1.29, 1.82) is 0 Å². The zero-order valence-corrected chi connectivity index (χ0v) is 15.8. The minimum Gasteiger partial charge on any atom is -0.477 e. The Labute approximate surface area is 163 Å². The third kappa shape index (κ3) is 2.96. The molecule has 4 heterocycles. The number of aromatic carboxylic acids is 1. The molecule has 28 heavy (non-hydrogen) atoms. The largest absolute Gasteiger partial charge is 0.477 e. The average molecular weight is 399 g/mol. The number of methoxy groups -OCH3 is 1. The van der Waals surface area contributed by atoms with Crippen LogP contribution in [0.25, 0.3) is 16.2 Å². The van der Waals surface area contributed by atoms with Gasteiger partial charge in [0.1, 0.15) is 11.4 Å². The summed E-state index contributed by atoms with van der Waals surface area (Å²) in [5.74, 6) is -0.642. The fourth-order valence-electron chi connectivity index (χ4n) is 3.35. The van der Waals surface area contributed by atoms with E-state index in [2.05, 4.69) is 21.7 Å². The van der Waals surface area contributed by atoms with Gasteiger partial charge in [0.25, 0.3) is 0 Å². The Hall–Kier alpha value is -3.11. The molecule has 0 spiro atoms. The van der Waals surface area contributed by atoms with E-state index in [-0.39, 0.29) is 23.1 Å². The highest BCUT2D eigenvalue weighted by molar-refractivity contribution is 7.12. The van der Waals surface area contributed by atoms with Crippen LogP contribution in [-0.4, -0.2) is 64.7 Å². The molecule has 1 aliphatic rings. The van der Waals surface area contributed by atoms with E-state index >= 15 is 0 Å². The number of rotatable bonds is 5. The molecule has 1 N–H and O–H groups in total. The van der Waals surface area contributed by atoms with Crippen molar-refractivity contribution in [2.45, 2.75) is 12.1 Å². The molecule has 0 unspecified atom stereocenters. The monoisotopic (exact) mass is 399 g/mol. The average Bonchev–Trinajstić information content (AvgIpc) is 3.37. The number of carbonyl (C=O) groups is 1. The van der Waals surface area contributed by atoms with Gasteiger partial charge >= 0.3 is 5.97 Å². The van der Waals surface area contributed by atoms with E-state index in [1.54, 1.807) is 35.4 Å². The summed E-state index contributed by atoms with van der Waals surface area (Å²) in [7, 11) is 1.63. The Morgan fingerprint density at radius 2 is 2.25 bits per heavy atom. The molecular formula is C18H17N5O4S. The van der Waals surface area contributed by atoms with Crippen LogP contribution in [0.15, 0.2) is 39.7 Å². The first-order valence-electron chi connectivity index (χ1n) is 8.46. The SMILES string of the molecule is C=N[C@H]1CN(c2ccc3c(=O)c(C(=O)O)cn(-c4nccs4)c3n2)C[C@@H]1OC. The molecular weight excluding hydrogens is 382 g/mol. The molecule has 0 saturated carbocycles. The van der Waals surface area contributed by atoms with Gasteiger partial charge in [0.2, 0.25) is 5.43 Å². The highest BCUT2D eigenvalue weighted by Gasteiger charge is 2.33. The predicted octanol–water partition coefficient (Wildman–Crippen LogP) is 1.44. The van der Waals surface area contributed by atoms with Crippen molar-refractivity contribution in [3.63, 3.8) is 0 Å². The van der Waals surface area contributed by atoms with Crippen LogP contribution >= 0.6 is 11.3 Å². The summed E-state index contributed by atoms with van der Waals surface area (Å²) in [5.41, 5.74) is -0.545. The quantitative estimate of drug-likeness (QED) is 0.647. The molecule has 4 rings (SSSR count). The number of aromatic nitrogens is 3. The van der Waals surface area contributed by atoms with Gasteiger partial charge in [0.15, 0.2) is 10.8 Å². The molecule has 2 atom stereocenters. The molecule has 1 aliphatic heterocycles. The van der Waals surface area contributed by atoms with Gasteiger partial charge in [-0.05, 0) is 18.9 Å². The number of anilines is 1. The number of aliphatic imine (C=N–C) groups is 1. The lowest BCUT2D eigenvalue weighted by Gasteiger charge is -2.18. The molecule has 10 heteroatoms. The van der Waals surface area contributed by atoms with Crippen LogP contribution < -0.4 is 10.3 Å². The number of carboxylic acid groups (broad SMARTS) is 1. The minimum atomic E-state index is -1.29. The maximum absolute atomic E-state index is 12.6. The van der Waals surface area contributed by atoms with Gasteiger partial charge < -0.3 is 14.7 Å². The summed E-state index contributed by atoms with van der Waals surface area (Å²) in [6.45, 7) is 4.80. The highest BCUT2D eigenvalue weighted by atomic mass is 32.1. The van der Waals surface area contributed by atoms with Crippen molar-refractivity contribution in [3.8, 4) is 5.13 Å². The maximum atomic E-state index is 12.6. The number of pyridine rings is 2. The summed E-state index contributed by atoms with van der Waals surface area (Å²) < 4.78 is 7.01. The normalized spacial score (nSPS) is 19.2. The molecule has 1 saturated heterocycles. The van der Waals surface area contributed by atoms with Crippen molar-refractivity contribution >= 4 is 40.9 Å². The van der Waals surface area contributed by atoms with Crippen molar-refractivity contribution in [1.82, 2.24) is 14.5 Å². The number of carboxylic acids is 1. The number of nitrogens with zero attached hydrogens (tertiary/aromatic N) is 5. The summed E-state index contributed by atoms with van der Waals surface area (Å²) in [4.78, 5) is 39.1. The third-order valence-electron chi connectivity index (χ3n) is 4.79. The molecule has 0 bridgehead atoms. The maximum Gasteiger partial charge on any atom is 0.341 e. The van der Waals surface area contributed by atoms with Gasteiger partial charge in [-0.2, -0.15) is 0 Å². The molecule has 0 aliphatic carbocycles. The van der Waals surface area contributed by atoms with Crippen molar-refractivity contribution in [3.05, 3.63) is 45.7 Å². The minimum absolute atomic E-state index is 0.0713. The van der Waals surface area contributed by atoms with E-state index in [1.165, 1.54) is 17.5 Å². The summed E-state index contributed by atoms with van der Waals surface area (Å²) in [5, 5.41) is 11.9. The Morgan fingerprint density at radius 3 is 2.86 bits per heavy atom. The molecule has 1 fully saturated rings. The smallest absolute Gasteiger partial charge is 0.341 e. The van der Waals surface area contributed by atoms with E-state index < -0.39 is 11.4 Å². The predicted molar refractivity (Wildman–Crippen MR) is 106 cm³/mol. The summed E-state index contributed by atoms with van der Waals surface area (Å²) in [6, 6.07) is 3.24. The first kappa shape index (κ1) is 18.3. The number of ether oxygens (including phenoxy) is 1. The zero-order chi connectivity index (χ0) is 19.8. The summed E-state index contributed by atoms with van der Waals surface area (Å²) >= 11 is 1.32. The van der Waals surface area contributed by atoms with Gasteiger partial charge in [-0.15, -0.1) is 11.3 Å². The van der Waals surface area contributed by atoms with Gasteiger partial charge in [0.05, 0.1) is 17.5 Å². The van der Waals surface area contributed by atoms with Crippen molar-refractivity contribution in [2.75, 3.05) is 25.1 Å². The number of fused-ring (bicyclic) bond motifs is 1. The van der Waals surface area contributed by atoms with E-state index in [0.717, 1.165) is 0 Å². The van der Waals surface area contributed by atoms with Gasteiger partial charge in [0, 0.05) is 38.0 Å². The molecule has 3 aromatic heterocycles. The Balaban J connectivity index is 1.88. The second-order valence-electron chi connectivity index (χ2n) is 6.33. The fraction of sp³-hybridized carbons (Fsp3) is 0.278.